The fourth-order valence-corrected chi connectivity index (χ4v) is 2.34. The Balaban J connectivity index is 1.97. The summed E-state index contributed by atoms with van der Waals surface area (Å²) in [7, 11) is 0. The lowest BCUT2D eigenvalue weighted by Crippen LogP contribution is -2.29. The number of carbonyl (C=O) groups is 2. The first-order valence-electron chi connectivity index (χ1n) is 5.89. The summed E-state index contributed by atoms with van der Waals surface area (Å²) in [6.07, 6.45) is 3.27. The molecule has 1 unspecified atom stereocenters. The van der Waals surface area contributed by atoms with E-state index in [9.17, 15) is 9.59 Å². The molecule has 17 heavy (non-hydrogen) atoms. The van der Waals surface area contributed by atoms with Crippen LogP contribution < -0.4 is 11.1 Å². The van der Waals surface area contributed by atoms with E-state index in [1.807, 2.05) is 0 Å². The van der Waals surface area contributed by atoms with Crippen LogP contribution in [0.15, 0.2) is 0 Å². The normalized spacial score (nSPS) is 19.9. The number of ether oxygens (including phenoxy) is 1. The smallest absolute Gasteiger partial charge is 0.230 e. The van der Waals surface area contributed by atoms with Gasteiger partial charge < -0.3 is 15.8 Å². The van der Waals surface area contributed by atoms with Crippen molar-refractivity contribution >= 4 is 23.6 Å². The Morgan fingerprint density at radius 3 is 2.88 bits per heavy atom. The molecule has 5 nitrogen and oxygen atoms in total. The lowest BCUT2D eigenvalue weighted by atomic mass is 9.99. The van der Waals surface area contributed by atoms with Crippen LogP contribution in [-0.2, 0) is 14.3 Å². The fourth-order valence-electron chi connectivity index (χ4n) is 1.75. The molecule has 0 bridgehead atoms. The number of carbonyl (C=O) groups excluding carboxylic acids is 2. The van der Waals surface area contributed by atoms with E-state index < -0.39 is 0 Å². The van der Waals surface area contributed by atoms with Crippen molar-refractivity contribution in [3.8, 4) is 0 Å². The molecule has 1 saturated heterocycles. The zero-order valence-electron chi connectivity index (χ0n) is 9.94. The average Bonchev–Trinajstić information content (AvgIpc) is 2.30. The zero-order chi connectivity index (χ0) is 12.5. The molecule has 0 aromatic carbocycles. The molecule has 0 aromatic rings. The number of amides is 2. The second kappa shape index (κ2) is 8.36. The molecule has 0 aromatic heterocycles. The van der Waals surface area contributed by atoms with Crippen molar-refractivity contribution in [3.05, 3.63) is 0 Å². The molecule has 1 atom stereocenters. The number of thioether (sulfide) groups is 1. The van der Waals surface area contributed by atoms with E-state index in [-0.39, 0.29) is 17.6 Å². The quantitative estimate of drug-likeness (QED) is 0.682. The summed E-state index contributed by atoms with van der Waals surface area (Å²) in [5.41, 5.74) is 4.97. The summed E-state index contributed by atoms with van der Waals surface area (Å²) in [6, 6.07) is 0. The van der Waals surface area contributed by atoms with Crippen molar-refractivity contribution in [2.45, 2.75) is 19.3 Å². The van der Waals surface area contributed by atoms with Crippen LogP contribution in [0.5, 0.6) is 0 Å². The molecule has 1 rings (SSSR count). The largest absolute Gasteiger partial charge is 0.381 e. The molecule has 0 radical (unpaired) electrons. The van der Waals surface area contributed by atoms with Crippen LogP contribution >= 0.6 is 11.8 Å². The second-order valence-electron chi connectivity index (χ2n) is 4.18. The number of hydrogen-bond donors (Lipinski definition) is 2. The van der Waals surface area contributed by atoms with Gasteiger partial charge in [0.1, 0.15) is 0 Å². The van der Waals surface area contributed by atoms with Crippen LogP contribution in [0.4, 0.5) is 0 Å². The minimum Gasteiger partial charge on any atom is -0.381 e. The molecule has 3 N–H and O–H groups in total. The Kier molecular flexibility index (Phi) is 7.04. The first-order valence-corrected chi connectivity index (χ1v) is 7.04. The Morgan fingerprint density at radius 1 is 1.41 bits per heavy atom. The first kappa shape index (κ1) is 14.3. The Morgan fingerprint density at radius 2 is 2.24 bits per heavy atom. The maximum absolute atomic E-state index is 11.4. The van der Waals surface area contributed by atoms with Gasteiger partial charge in [0.05, 0.1) is 11.5 Å². The predicted octanol–water partition coefficient (Wildman–Crippen LogP) is 0.138. The van der Waals surface area contributed by atoms with Gasteiger partial charge in [-0.1, -0.05) is 0 Å². The van der Waals surface area contributed by atoms with E-state index in [4.69, 9.17) is 10.5 Å². The Bertz CT molecular complexity index is 255. The van der Waals surface area contributed by atoms with E-state index in [2.05, 4.69) is 5.32 Å². The highest BCUT2D eigenvalue weighted by Crippen LogP contribution is 2.16. The Hall–Kier alpha value is -0.750. The molecule has 1 aliphatic heterocycles. The van der Waals surface area contributed by atoms with E-state index in [1.54, 1.807) is 0 Å². The van der Waals surface area contributed by atoms with E-state index in [0.29, 0.717) is 18.2 Å². The van der Waals surface area contributed by atoms with Crippen LogP contribution in [0.25, 0.3) is 0 Å². The maximum atomic E-state index is 11.4. The van der Waals surface area contributed by atoms with Gasteiger partial charge in [0.25, 0.3) is 0 Å². The molecule has 1 heterocycles. The van der Waals surface area contributed by atoms with Gasteiger partial charge in [-0.2, -0.15) is 0 Å². The third-order valence-electron chi connectivity index (χ3n) is 2.61. The van der Waals surface area contributed by atoms with E-state index in [0.717, 1.165) is 26.1 Å². The van der Waals surface area contributed by atoms with Gasteiger partial charge in [-0.05, 0) is 25.2 Å². The molecule has 6 heteroatoms. The van der Waals surface area contributed by atoms with Gasteiger partial charge in [0.15, 0.2) is 0 Å². The van der Waals surface area contributed by atoms with Gasteiger partial charge in [0, 0.05) is 19.8 Å². The molecule has 1 fully saturated rings. The second-order valence-corrected chi connectivity index (χ2v) is 5.17. The molecule has 0 saturated carbocycles. The van der Waals surface area contributed by atoms with E-state index in [1.165, 1.54) is 18.2 Å². The van der Waals surface area contributed by atoms with Gasteiger partial charge in [-0.3, -0.25) is 9.59 Å². The van der Waals surface area contributed by atoms with Gasteiger partial charge in [-0.15, -0.1) is 11.8 Å². The topological polar surface area (TPSA) is 81.4 Å². The number of primary amides is 1. The highest BCUT2D eigenvalue weighted by molar-refractivity contribution is 8.00. The van der Waals surface area contributed by atoms with Crippen LogP contribution in [0.1, 0.15) is 19.3 Å². The fraction of sp³-hybridized carbons (Fsp3) is 0.818. The summed E-state index contributed by atoms with van der Waals surface area (Å²) in [4.78, 5) is 21.8. The Labute approximate surface area is 106 Å². The summed E-state index contributed by atoms with van der Waals surface area (Å²) in [6.45, 7) is 2.36. The van der Waals surface area contributed by atoms with Crippen molar-refractivity contribution in [1.82, 2.24) is 5.32 Å². The maximum Gasteiger partial charge on any atom is 0.230 e. The number of hydrogen-bond acceptors (Lipinski definition) is 4. The molecule has 1 aliphatic rings. The summed E-state index contributed by atoms with van der Waals surface area (Å²) in [5.74, 6) is 0.644. The van der Waals surface area contributed by atoms with Crippen LogP contribution in [0, 0.1) is 5.92 Å². The van der Waals surface area contributed by atoms with Crippen LogP contribution in [0.2, 0.25) is 0 Å². The SMILES string of the molecule is NC(=O)CSCC(=O)NCCC1CCCOC1. The third-order valence-corrected chi connectivity index (χ3v) is 3.56. The van der Waals surface area contributed by atoms with E-state index >= 15 is 0 Å². The van der Waals surface area contributed by atoms with Gasteiger partial charge in [-0.25, -0.2) is 0 Å². The first-order chi connectivity index (χ1) is 8.18. The van der Waals surface area contributed by atoms with Crippen molar-refractivity contribution in [2.75, 3.05) is 31.3 Å². The average molecular weight is 260 g/mol. The summed E-state index contributed by atoms with van der Waals surface area (Å²) < 4.78 is 5.36. The zero-order valence-corrected chi connectivity index (χ0v) is 10.8. The molecular weight excluding hydrogens is 240 g/mol. The summed E-state index contributed by atoms with van der Waals surface area (Å²) >= 11 is 1.24. The molecular formula is C11H20N2O3S. The third kappa shape index (κ3) is 7.23. The van der Waals surface area contributed by atoms with Crippen LogP contribution in [0.3, 0.4) is 0 Å². The minimum atomic E-state index is -0.387. The highest BCUT2D eigenvalue weighted by atomic mass is 32.2. The van der Waals surface area contributed by atoms with Crippen molar-refractivity contribution in [2.24, 2.45) is 11.7 Å². The minimum absolute atomic E-state index is 0.0343. The number of rotatable bonds is 7. The lowest BCUT2D eigenvalue weighted by molar-refractivity contribution is -0.118. The van der Waals surface area contributed by atoms with Crippen LogP contribution in [-0.4, -0.2) is 43.1 Å². The van der Waals surface area contributed by atoms with Gasteiger partial charge >= 0.3 is 0 Å². The van der Waals surface area contributed by atoms with Crippen molar-refractivity contribution in [3.63, 3.8) is 0 Å². The van der Waals surface area contributed by atoms with Crippen molar-refractivity contribution in [1.29, 1.82) is 0 Å². The predicted molar refractivity (Wildman–Crippen MR) is 67.7 cm³/mol. The summed E-state index contributed by atoms with van der Waals surface area (Å²) in [5, 5.41) is 2.84. The monoisotopic (exact) mass is 260 g/mol. The standard InChI is InChI=1S/C11H20N2O3S/c12-10(14)7-17-8-11(15)13-4-3-9-2-1-5-16-6-9/h9H,1-8H2,(H2,12,14)(H,13,15). The molecule has 0 spiro atoms. The van der Waals surface area contributed by atoms with Crippen molar-refractivity contribution < 1.29 is 14.3 Å². The van der Waals surface area contributed by atoms with Gasteiger partial charge in [0.2, 0.25) is 11.8 Å². The lowest BCUT2D eigenvalue weighted by Gasteiger charge is -2.21. The molecule has 2 amide bonds. The molecule has 98 valence electrons. The highest BCUT2D eigenvalue weighted by Gasteiger charge is 2.13. The number of nitrogens with two attached hydrogens (primary N) is 1. The number of nitrogens with one attached hydrogen (secondary N) is 1. The molecule has 0 aliphatic carbocycles.